The molecule has 35 heavy (non-hydrogen) atoms. The molecule has 0 radical (unpaired) electrons. The summed E-state index contributed by atoms with van der Waals surface area (Å²) >= 11 is 6.56. The highest BCUT2D eigenvalue weighted by Crippen LogP contribution is 2.33. The third-order valence-corrected chi connectivity index (χ3v) is 7.44. The topological polar surface area (TPSA) is 139 Å². The van der Waals surface area contributed by atoms with Gasteiger partial charge in [0.2, 0.25) is 19.4 Å². The Bertz CT molecular complexity index is 1450. The summed E-state index contributed by atoms with van der Waals surface area (Å²) in [6.45, 7) is 2.04. The van der Waals surface area contributed by atoms with Crippen molar-refractivity contribution in [2.24, 2.45) is 10.1 Å². The number of hydrogen-bond acceptors (Lipinski definition) is 9. The molecular formula is C22H17ClN4O6S2. The molecule has 0 fully saturated rings. The average Bonchev–Trinajstić information content (AvgIpc) is 3.23. The van der Waals surface area contributed by atoms with E-state index in [1.807, 2.05) is 0 Å². The Hall–Kier alpha value is -3.48. The number of esters is 1. The minimum atomic E-state index is -3.63. The maximum absolute atomic E-state index is 12.6. The van der Waals surface area contributed by atoms with Crippen LogP contribution in [0, 0.1) is 5.41 Å². The molecule has 0 saturated heterocycles. The molecule has 1 amide bonds. The number of aliphatic imine (C=N–C) groups is 1. The Morgan fingerprint density at radius 3 is 2.57 bits per heavy atom. The fraction of sp³-hybridized carbons (Fsp3) is 0.136. The fourth-order valence-corrected chi connectivity index (χ4v) is 4.81. The van der Waals surface area contributed by atoms with Crippen LogP contribution >= 0.6 is 23.4 Å². The van der Waals surface area contributed by atoms with Gasteiger partial charge in [0, 0.05) is 11.3 Å². The summed E-state index contributed by atoms with van der Waals surface area (Å²) < 4.78 is 34.4. The van der Waals surface area contributed by atoms with Gasteiger partial charge in [-0.05, 0) is 66.7 Å². The number of fused-ring (bicyclic) bond motifs is 1. The second-order valence-electron chi connectivity index (χ2n) is 7.19. The van der Waals surface area contributed by atoms with Crippen molar-refractivity contribution in [1.29, 1.82) is 5.41 Å². The molecule has 180 valence electrons. The minimum Gasteiger partial charge on any atom is -0.490 e. The van der Waals surface area contributed by atoms with Crippen LogP contribution in [0.3, 0.4) is 0 Å². The number of amides is 1. The number of rotatable bonds is 5. The molecule has 0 aromatic heterocycles. The standard InChI is InChI=1S/C22H17ClN4O6S2/c1-3-32-17-11-12(4-9-16(17)33-20(29)13-5-7-14(23)8-6-13)10-15-18(24)27-21(25-19(15)28)34-22(26-27)35(2,30)31/h4-11,24H,3H2,1-2H3/b15-10+,24-18?. The van der Waals surface area contributed by atoms with Gasteiger partial charge in [0.15, 0.2) is 17.3 Å². The Balaban J connectivity index is 1.62. The largest absolute Gasteiger partial charge is 0.490 e. The molecule has 2 heterocycles. The van der Waals surface area contributed by atoms with E-state index in [9.17, 15) is 18.0 Å². The summed E-state index contributed by atoms with van der Waals surface area (Å²) in [5.74, 6) is -1.22. The lowest BCUT2D eigenvalue weighted by molar-refractivity contribution is -0.114. The molecule has 1 N–H and O–H groups in total. The number of thioether (sulfide) groups is 1. The zero-order valence-corrected chi connectivity index (χ0v) is 20.7. The van der Waals surface area contributed by atoms with Crippen LogP contribution in [0.15, 0.2) is 58.1 Å². The number of benzene rings is 2. The van der Waals surface area contributed by atoms with Crippen LogP contribution in [-0.2, 0) is 14.6 Å². The molecule has 2 aromatic carbocycles. The van der Waals surface area contributed by atoms with Gasteiger partial charge in [0.1, 0.15) is 0 Å². The van der Waals surface area contributed by atoms with Crippen LogP contribution in [0.5, 0.6) is 11.5 Å². The molecular weight excluding hydrogens is 516 g/mol. The van der Waals surface area contributed by atoms with Gasteiger partial charge in [0.05, 0.1) is 17.7 Å². The van der Waals surface area contributed by atoms with Crippen molar-refractivity contribution in [1.82, 2.24) is 5.01 Å². The lowest BCUT2D eigenvalue weighted by Crippen LogP contribution is -2.35. The monoisotopic (exact) mass is 532 g/mol. The summed E-state index contributed by atoms with van der Waals surface area (Å²) in [4.78, 5) is 28.9. The third-order valence-electron chi connectivity index (χ3n) is 4.61. The van der Waals surface area contributed by atoms with E-state index in [0.29, 0.717) is 27.9 Å². The van der Waals surface area contributed by atoms with Crippen LogP contribution in [0.2, 0.25) is 5.02 Å². The molecule has 2 aromatic rings. The Kier molecular flexibility index (Phi) is 6.79. The molecule has 13 heteroatoms. The first-order valence-electron chi connectivity index (χ1n) is 10.0. The molecule has 0 unspecified atom stereocenters. The summed E-state index contributed by atoms with van der Waals surface area (Å²) in [7, 11) is -3.63. The second-order valence-corrected chi connectivity index (χ2v) is 10.8. The Morgan fingerprint density at radius 2 is 1.91 bits per heavy atom. The Labute approximate surface area is 209 Å². The molecule has 0 aliphatic carbocycles. The Morgan fingerprint density at radius 1 is 1.20 bits per heavy atom. The fourth-order valence-electron chi connectivity index (χ4n) is 3.00. The number of nitrogens with zero attached hydrogens (tertiary/aromatic N) is 3. The second kappa shape index (κ2) is 9.64. The van der Waals surface area contributed by atoms with Gasteiger partial charge in [-0.25, -0.2) is 13.2 Å². The van der Waals surface area contributed by atoms with E-state index < -0.39 is 21.7 Å². The van der Waals surface area contributed by atoms with Gasteiger partial charge in [-0.2, -0.15) is 10.0 Å². The highest BCUT2D eigenvalue weighted by atomic mass is 35.5. The predicted octanol–water partition coefficient (Wildman–Crippen LogP) is 3.58. The summed E-state index contributed by atoms with van der Waals surface area (Å²) in [6, 6.07) is 10.8. The van der Waals surface area contributed by atoms with E-state index in [-0.39, 0.29) is 39.1 Å². The van der Waals surface area contributed by atoms with E-state index in [4.69, 9.17) is 26.5 Å². The zero-order chi connectivity index (χ0) is 25.3. The first-order valence-corrected chi connectivity index (χ1v) is 13.1. The van der Waals surface area contributed by atoms with E-state index in [1.165, 1.54) is 24.3 Å². The van der Waals surface area contributed by atoms with Crippen LogP contribution < -0.4 is 9.47 Å². The van der Waals surface area contributed by atoms with Crippen molar-refractivity contribution >= 4 is 66.5 Å². The van der Waals surface area contributed by atoms with E-state index in [2.05, 4.69) is 10.1 Å². The predicted molar refractivity (Wildman–Crippen MR) is 134 cm³/mol. The zero-order valence-electron chi connectivity index (χ0n) is 18.3. The first-order chi connectivity index (χ1) is 16.6. The van der Waals surface area contributed by atoms with E-state index >= 15 is 0 Å². The van der Waals surface area contributed by atoms with Gasteiger partial charge in [-0.3, -0.25) is 10.2 Å². The maximum Gasteiger partial charge on any atom is 0.343 e. The van der Waals surface area contributed by atoms with Crippen LogP contribution in [0.4, 0.5) is 0 Å². The molecule has 4 rings (SSSR count). The first kappa shape index (κ1) is 24.6. The summed E-state index contributed by atoms with van der Waals surface area (Å²) in [5.41, 5.74) is 0.669. The van der Waals surface area contributed by atoms with Crippen molar-refractivity contribution in [2.75, 3.05) is 12.9 Å². The number of halogens is 1. The van der Waals surface area contributed by atoms with Crippen molar-refractivity contribution < 1.29 is 27.5 Å². The molecule has 0 saturated carbocycles. The number of sulfone groups is 1. The highest BCUT2D eigenvalue weighted by Gasteiger charge is 2.38. The normalized spacial score (nSPS) is 16.7. The lowest BCUT2D eigenvalue weighted by Gasteiger charge is -2.20. The number of carbonyl (C=O) groups is 2. The number of hydrazone groups is 1. The molecule has 0 spiro atoms. The van der Waals surface area contributed by atoms with Gasteiger partial charge in [-0.15, -0.1) is 5.10 Å². The smallest absolute Gasteiger partial charge is 0.343 e. The van der Waals surface area contributed by atoms with Gasteiger partial charge < -0.3 is 9.47 Å². The van der Waals surface area contributed by atoms with E-state index in [1.54, 1.807) is 31.2 Å². The molecule has 2 aliphatic heterocycles. The summed E-state index contributed by atoms with van der Waals surface area (Å²) in [6.07, 6.45) is 2.38. The lowest BCUT2D eigenvalue weighted by atomic mass is 10.1. The quantitative estimate of drug-likeness (QED) is 0.350. The number of nitrogens with one attached hydrogen (secondary N) is 1. The maximum atomic E-state index is 12.6. The molecule has 0 bridgehead atoms. The van der Waals surface area contributed by atoms with Crippen LogP contribution in [-0.4, -0.2) is 53.5 Å². The molecule has 0 atom stereocenters. The molecule has 10 nitrogen and oxygen atoms in total. The number of carbonyl (C=O) groups excluding carboxylic acids is 2. The van der Waals surface area contributed by atoms with Crippen molar-refractivity contribution in [3.63, 3.8) is 0 Å². The van der Waals surface area contributed by atoms with Crippen LogP contribution in [0.25, 0.3) is 6.08 Å². The molecule has 2 aliphatic rings. The van der Waals surface area contributed by atoms with Gasteiger partial charge in [0.25, 0.3) is 5.91 Å². The van der Waals surface area contributed by atoms with Gasteiger partial charge in [-0.1, -0.05) is 17.7 Å². The average molecular weight is 533 g/mol. The third kappa shape index (κ3) is 5.29. The van der Waals surface area contributed by atoms with E-state index in [0.717, 1.165) is 11.3 Å². The SMILES string of the molecule is CCOc1cc(/C=C2\C(=N)N3N=C(S(C)(=O)=O)SC3=NC2=O)ccc1OC(=O)c1ccc(Cl)cc1. The van der Waals surface area contributed by atoms with Crippen molar-refractivity contribution in [2.45, 2.75) is 6.92 Å². The highest BCUT2D eigenvalue weighted by molar-refractivity contribution is 8.42. The van der Waals surface area contributed by atoms with Crippen LogP contribution in [0.1, 0.15) is 22.8 Å². The number of amidine groups is 2. The van der Waals surface area contributed by atoms with Gasteiger partial charge >= 0.3 is 5.97 Å². The summed E-state index contributed by atoms with van der Waals surface area (Å²) in [5, 5.41) is 13.7. The number of ether oxygens (including phenoxy) is 2. The minimum absolute atomic E-state index is 0.00274. The van der Waals surface area contributed by atoms with Crippen molar-refractivity contribution in [3.8, 4) is 11.5 Å². The number of hydrogen-bond donors (Lipinski definition) is 1. The van der Waals surface area contributed by atoms with Crippen molar-refractivity contribution in [3.05, 3.63) is 64.2 Å².